The lowest BCUT2D eigenvalue weighted by Crippen LogP contribution is -2.23. The van der Waals surface area contributed by atoms with E-state index in [-0.39, 0.29) is 11.2 Å². The number of nitrogens with one attached hydrogen (secondary N) is 1. The number of aromatic amines is 1. The van der Waals surface area contributed by atoms with Crippen LogP contribution in [0.4, 0.5) is 0 Å². The average molecular weight is 292 g/mol. The maximum Gasteiger partial charge on any atom is 0.183 e. The first-order chi connectivity index (χ1) is 9.30. The van der Waals surface area contributed by atoms with Gasteiger partial charge >= 0.3 is 0 Å². The molecule has 0 aliphatic carbocycles. The van der Waals surface area contributed by atoms with Crippen molar-refractivity contribution in [2.24, 2.45) is 5.92 Å². The van der Waals surface area contributed by atoms with Crippen LogP contribution in [0.2, 0.25) is 0 Å². The van der Waals surface area contributed by atoms with Gasteiger partial charge < -0.3 is 4.98 Å². The van der Waals surface area contributed by atoms with E-state index in [9.17, 15) is 8.42 Å². The molecule has 1 aliphatic heterocycles. The minimum atomic E-state index is -3.22. The van der Waals surface area contributed by atoms with Gasteiger partial charge in [0.05, 0.1) is 15.8 Å². The zero-order chi connectivity index (χ0) is 14.7. The smallest absolute Gasteiger partial charge is 0.183 e. The molecule has 4 nitrogen and oxygen atoms in total. The standard InChI is InChI=1S/C15H20N2O2S/c1-8(2)11-5-10-6-14-12(17-15(10)16-11)7-13(9(3)4)20(14,18)19/h5-6,8-9,13H,7H2,1-4H3,(H,16,17). The van der Waals surface area contributed by atoms with E-state index in [0.717, 1.165) is 16.7 Å². The van der Waals surface area contributed by atoms with Gasteiger partial charge in [-0.3, -0.25) is 0 Å². The zero-order valence-electron chi connectivity index (χ0n) is 12.3. The van der Waals surface area contributed by atoms with E-state index in [2.05, 4.69) is 23.8 Å². The minimum absolute atomic E-state index is 0.110. The number of sulfone groups is 1. The van der Waals surface area contributed by atoms with Gasteiger partial charge in [0.2, 0.25) is 0 Å². The second-order valence-electron chi connectivity index (χ2n) is 6.28. The minimum Gasteiger partial charge on any atom is -0.343 e. The Bertz CT molecular complexity index is 773. The van der Waals surface area contributed by atoms with Gasteiger partial charge in [0.25, 0.3) is 0 Å². The van der Waals surface area contributed by atoms with Gasteiger partial charge in [-0.1, -0.05) is 27.7 Å². The van der Waals surface area contributed by atoms with E-state index in [1.807, 2.05) is 19.9 Å². The highest BCUT2D eigenvalue weighted by Crippen LogP contribution is 2.36. The SMILES string of the molecule is CC(C)c1cc2cc3c(nc2[nH]1)CC(C(C)C)S3(=O)=O. The molecule has 3 rings (SSSR count). The molecule has 2 aromatic heterocycles. The molecule has 1 atom stereocenters. The molecule has 0 radical (unpaired) electrons. The summed E-state index contributed by atoms with van der Waals surface area (Å²) < 4.78 is 25.1. The van der Waals surface area contributed by atoms with Crippen LogP contribution in [0.5, 0.6) is 0 Å². The lowest BCUT2D eigenvalue weighted by molar-refractivity contribution is 0.541. The van der Waals surface area contributed by atoms with Crippen molar-refractivity contribution in [3.05, 3.63) is 23.5 Å². The number of pyridine rings is 1. The van der Waals surface area contributed by atoms with Crippen molar-refractivity contribution in [3.8, 4) is 0 Å². The Balaban J connectivity index is 2.19. The molecular weight excluding hydrogens is 272 g/mol. The van der Waals surface area contributed by atoms with Crippen LogP contribution in [-0.2, 0) is 16.3 Å². The van der Waals surface area contributed by atoms with E-state index in [4.69, 9.17) is 0 Å². The van der Waals surface area contributed by atoms with Crippen molar-refractivity contribution >= 4 is 20.9 Å². The predicted molar refractivity (Wildman–Crippen MR) is 79.7 cm³/mol. The second kappa shape index (κ2) is 4.32. The van der Waals surface area contributed by atoms with Crippen molar-refractivity contribution in [1.29, 1.82) is 0 Å². The summed E-state index contributed by atoms with van der Waals surface area (Å²) in [5.74, 6) is 0.484. The molecule has 20 heavy (non-hydrogen) atoms. The van der Waals surface area contributed by atoms with Crippen LogP contribution < -0.4 is 0 Å². The number of H-pyrrole nitrogens is 1. The van der Waals surface area contributed by atoms with Crippen LogP contribution in [-0.4, -0.2) is 23.6 Å². The quantitative estimate of drug-likeness (QED) is 0.925. The molecule has 0 saturated heterocycles. The van der Waals surface area contributed by atoms with E-state index >= 15 is 0 Å². The third-order valence-electron chi connectivity index (χ3n) is 4.13. The highest BCUT2D eigenvalue weighted by molar-refractivity contribution is 7.92. The fourth-order valence-corrected chi connectivity index (χ4v) is 5.03. The zero-order valence-corrected chi connectivity index (χ0v) is 13.1. The molecule has 0 aromatic carbocycles. The number of aromatic nitrogens is 2. The van der Waals surface area contributed by atoms with Crippen LogP contribution >= 0.6 is 0 Å². The van der Waals surface area contributed by atoms with Gasteiger partial charge in [0.15, 0.2) is 9.84 Å². The summed E-state index contributed by atoms with van der Waals surface area (Å²) in [7, 11) is -3.22. The summed E-state index contributed by atoms with van der Waals surface area (Å²) in [6.07, 6.45) is 0.529. The van der Waals surface area contributed by atoms with Gasteiger partial charge in [-0.15, -0.1) is 0 Å². The lowest BCUT2D eigenvalue weighted by Gasteiger charge is -2.12. The monoisotopic (exact) mass is 292 g/mol. The second-order valence-corrected chi connectivity index (χ2v) is 8.42. The average Bonchev–Trinajstić information content (AvgIpc) is 2.86. The predicted octanol–water partition coefficient (Wildman–Crippen LogP) is 3.04. The van der Waals surface area contributed by atoms with Crippen LogP contribution in [0.15, 0.2) is 17.0 Å². The maximum atomic E-state index is 12.6. The first kappa shape index (κ1) is 13.6. The summed E-state index contributed by atoms with van der Waals surface area (Å²) >= 11 is 0. The summed E-state index contributed by atoms with van der Waals surface area (Å²) in [5.41, 5.74) is 2.61. The van der Waals surface area contributed by atoms with E-state index in [1.165, 1.54) is 0 Å². The van der Waals surface area contributed by atoms with Gasteiger partial charge in [-0.2, -0.15) is 0 Å². The molecule has 0 amide bonds. The fraction of sp³-hybridized carbons (Fsp3) is 0.533. The molecule has 0 saturated carbocycles. The first-order valence-electron chi connectivity index (χ1n) is 7.07. The third-order valence-corrected chi connectivity index (χ3v) is 6.60. The van der Waals surface area contributed by atoms with Crippen LogP contribution in [0.1, 0.15) is 45.0 Å². The Morgan fingerprint density at radius 1 is 1.25 bits per heavy atom. The van der Waals surface area contributed by atoms with Gasteiger partial charge in [0.1, 0.15) is 5.65 Å². The normalized spacial score (nSPS) is 21.0. The number of rotatable bonds is 2. The van der Waals surface area contributed by atoms with Gasteiger partial charge in [-0.05, 0) is 24.0 Å². The van der Waals surface area contributed by atoms with E-state index in [0.29, 0.717) is 22.9 Å². The summed E-state index contributed by atoms with van der Waals surface area (Å²) in [6.45, 7) is 8.11. The topological polar surface area (TPSA) is 62.8 Å². The summed E-state index contributed by atoms with van der Waals surface area (Å²) in [4.78, 5) is 8.27. The van der Waals surface area contributed by atoms with Crippen molar-refractivity contribution in [2.45, 2.75) is 50.2 Å². The van der Waals surface area contributed by atoms with Crippen molar-refractivity contribution in [1.82, 2.24) is 9.97 Å². The Kier molecular flexibility index (Phi) is 2.94. The van der Waals surface area contributed by atoms with Crippen molar-refractivity contribution in [2.75, 3.05) is 0 Å². The Morgan fingerprint density at radius 3 is 2.55 bits per heavy atom. The van der Waals surface area contributed by atoms with Crippen molar-refractivity contribution < 1.29 is 8.42 Å². The molecule has 5 heteroatoms. The molecule has 1 unspecified atom stereocenters. The van der Waals surface area contributed by atoms with Gasteiger partial charge in [0, 0.05) is 17.5 Å². The molecule has 1 N–H and O–H groups in total. The molecule has 3 heterocycles. The Morgan fingerprint density at radius 2 is 1.95 bits per heavy atom. The number of hydrogen-bond donors (Lipinski definition) is 1. The van der Waals surface area contributed by atoms with E-state index in [1.54, 1.807) is 6.07 Å². The Hall–Kier alpha value is -1.36. The van der Waals surface area contributed by atoms with Crippen molar-refractivity contribution in [3.63, 3.8) is 0 Å². The van der Waals surface area contributed by atoms with E-state index < -0.39 is 9.84 Å². The molecule has 108 valence electrons. The molecular formula is C15H20N2O2S. The first-order valence-corrected chi connectivity index (χ1v) is 8.61. The number of fused-ring (bicyclic) bond motifs is 2. The maximum absolute atomic E-state index is 12.6. The number of hydrogen-bond acceptors (Lipinski definition) is 3. The summed E-state index contributed by atoms with van der Waals surface area (Å²) in [5, 5.41) is 0.557. The van der Waals surface area contributed by atoms with Crippen LogP contribution in [0.25, 0.3) is 11.0 Å². The highest BCUT2D eigenvalue weighted by atomic mass is 32.2. The molecule has 0 bridgehead atoms. The molecule has 0 spiro atoms. The fourth-order valence-electron chi connectivity index (χ4n) is 2.86. The van der Waals surface area contributed by atoms with Crippen LogP contribution in [0.3, 0.4) is 0 Å². The van der Waals surface area contributed by atoms with Crippen LogP contribution in [0, 0.1) is 5.92 Å². The Labute approximate surface area is 119 Å². The third kappa shape index (κ3) is 1.87. The molecule has 1 aliphatic rings. The highest BCUT2D eigenvalue weighted by Gasteiger charge is 2.40. The molecule has 0 fully saturated rings. The largest absolute Gasteiger partial charge is 0.343 e. The molecule has 2 aromatic rings. The number of nitrogens with zero attached hydrogens (tertiary/aromatic N) is 1. The lowest BCUT2D eigenvalue weighted by atomic mass is 10.1. The summed E-state index contributed by atoms with van der Waals surface area (Å²) in [6, 6.07) is 3.79. The van der Waals surface area contributed by atoms with Gasteiger partial charge in [-0.25, -0.2) is 13.4 Å².